The van der Waals surface area contributed by atoms with Crippen LogP contribution < -0.4 is 5.32 Å². The molecular formula is C21H35NO4. The molecule has 148 valence electrons. The first-order valence-corrected chi connectivity index (χ1v) is 9.51. The third-order valence-corrected chi connectivity index (χ3v) is 3.50. The van der Waals surface area contributed by atoms with Gasteiger partial charge in [-0.1, -0.05) is 64.4 Å². The van der Waals surface area contributed by atoms with E-state index in [1.54, 1.807) is 6.92 Å². The van der Waals surface area contributed by atoms with Crippen molar-refractivity contribution in [1.82, 2.24) is 5.32 Å². The maximum absolute atomic E-state index is 11.9. The average Bonchev–Trinajstić information content (AvgIpc) is 2.67. The molecule has 0 saturated heterocycles. The van der Waals surface area contributed by atoms with Gasteiger partial charge in [0.15, 0.2) is 0 Å². The highest BCUT2D eigenvalue weighted by Crippen LogP contribution is 2.07. The molecular weight excluding hydrogens is 330 g/mol. The van der Waals surface area contributed by atoms with Gasteiger partial charge in [0.2, 0.25) is 5.91 Å². The summed E-state index contributed by atoms with van der Waals surface area (Å²) in [6.45, 7) is 11.7. The Morgan fingerprint density at radius 3 is 2.00 bits per heavy atom. The van der Waals surface area contributed by atoms with E-state index in [-0.39, 0.29) is 31.0 Å². The minimum atomic E-state index is -1.10. The van der Waals surface area contributed by atoms with Crippen LogP contribution in [-0.4, -0.2) is 28.8 Å². The first-order chi connectivity index (χ1) is 12.4. The van der Waals surface area contributed by atoms with Gasteiger partial charge in [0.1, 0.15) is 11.8 Å². The fraction of sp³-hybridized carbons (Fsp3) is 0.571. The van der Waals surface area contributed by atoms with E-state index in [9.17, 15) is 14.4 Å². The number of carbonyl (C=O) groups is 3. The highest BCUT2D eigenvalue weighted by molar-refractivity contribution is 5.84. The van der Waals surface area contributed by atoms with Crippen molar-refractivity contribution in [2.24, 2.45) is 0 Å². The summed E-state index contributed by atoms with van der Waals surface area (Å²) < 4.78 is 0. The third-order valence-electron chi connectivity index (χ3n) is 3.50. The first kappa shape index (κ1) is 26.1. The molecule has 26 heavy (non-hydrogen) atoms. The second-order valence-corrected chi connectivity index (χ2v) is 5.37. The maximum atomic E-state index is 11.9. The third kappa shape index (κ3) is 12.2. The van der Waals surface area contributed by atoms with Gasteiger partial charge in [-0.05, 0) is 25.3 Å². The van der Waals surface area contributed by atoms with Crippen molar-refractivity contribution in [3.63, 3.8) is 0 Å². The predicted molar refractivity (Wildman–Crippen MR) is 106 cm³/mol. The smallest absolute Gasteiger partial charge is 0.326 e. The lowest BCUT2D eigenvalue weighted by atomic mass is 10.1. The molecule has 0 aromatic heterocycles. The zero-order valence-electron chi connectivity index (χ0n) is 17.1. The van der Waals surface area contributed by atoms with Crippen LogP contribution >= 0.6 is 0 Å². The van der Waals surface area contributed by atoms with Crippen molar-refractivity contribution >= 4 is 17.7 Å². The highest BCUT2D eigenvalue weighted by atomic mass is 16.4. The summed E-state index contributed by atoms with van der Waals surface area (Å²) in [7, 11) is 0. The molecule has 5 heteroatoms. The topological polar surface area (TPSA) is 83.5 Å². The van der Waals surface area contributed by atoms with Crippen molar-refractivity contribution in [1.29, 1.82) is 0 Å². The highest BCUT2D eigenvalue weighted by Gasteiger charge is 2.20. The number of aryl methyl sites for hydroxylation is 2. The van der Waals surface area contributed by atoms with Crippen LogP contribution in [0, 0.1) is 6.92 Å². The number of carboxylic acid groups (broad SMARTS) is 1. The van der Waals surface area contributed by atoms with Gasteiger partial charge >= 0.3 is 5.97 Å². The van der Waals surface area contributed by atoms with Crippen LogP contribution in [-0.2, 0) is 20.8 Å². The molecule has 1 rings (SSSR count). The Labute approximate surface area is 158 Å². The lowest BCUT2D eigenvalue weighted by Crippen LogP contribution is -2.41. The van der Waals surface area contributed by atoms with Gasteiger partial charge in [0.25, 0.3) is 0 Å². The number of carbonyl (C=O) groups excluding carboxylic acids is 2. The van der Waals surface area contributed by atoms with E-state index in [1.807, 2.05) is 58.9 Å². The molecule has 5 nitrogen and oxygen atoms in total. The Balaban J connectivity index is 0. The normalized spacial score (nSPS) is 10.4. The second-order valence-electron chi connectivity index (χ2n) is 5.37. The molecule has 2 N–H and O–H groups in total. The molecule has 1 aromatic rings. The Morgan fingerprint density at radius 2 is 1.54 bits per heavy atom. The number of hydrogen-bond donors (Lipinski definition) is 2. The molecule has 1 atom stereocenters. The number of hydrogen-bond acceptors (Lipinski definition) is 3. The van der Waals surface area contributed by atoms with Crippen LogP contribution in [0.1, 0.15) is 71.4 Å². The number of aliphatic carboxylic acids is 1. The first-order valence-electron chi connectivity index (χ1n) is 9.51. The quantitative estimate of drug-likeness (QED) is 0.683. The summed E-state index contributed by atoms with van der Waals surface area (Å²) in [4.78, 5) is 34.2. The van der Waals surface area contributed by atoms with Gasteiger partial charge in [-0.2, -0.15) is 0 Å². The Bertz CT molecular complexity index is 523. The van der Waals surface area contributed by atoms with Crippen LogP contribution in [0.2, 0.25) is 0 Å². The maximum Gasteiger partial charge on any atom is 0.326 e. The van der Waals surface area contributed by atoms with Crippen LogP contribution in [0.3, 0.4) is 0 Å². The van der Waals surface area contributed by atoms with Crippen LogP contribution in [0.25, 0.3) is 0 Å². The van der Waals surface area contributed by atoms with Crippen molar-refractivity contribution in [3.8, 4) is 0 Å². The summed E-state index contributed by atoms with van der Waals surface area (Å²) in [6, 6.07) is 6.86. The van der Waals surface area contributed by atoms with Crippen molar-refractivity contribution in [3.05, 3.63) is 35.4 Å². The standard InChI is InChI=1S/C17H23NO4.2C2H6/c1-3-14(19)9-10-15(17(21)22)18-16(20)11-8-13-6-4-12(2)5-7-13;2*1-2/h4-7,15H,3,8-11H2,1-2H3,(H,18,20)(H,21,22);2*1-2H3. The monoisotopic (exact) mass is 365 g/mol. The number of ketones is 1. The van der Waals surface area contributed by atoms with E-state index in [2.05, 4.69) is 5.32 Å². The summed E-state index contributed by atoms with van der Waals surface area (Å²) >= 11 is 0. The molecule has 0 fully saturated rings. The van der Waals surface area contributed by atoms with Crippen molar-refractivity contribution in [2.45, 2.75) is 79.7 Å². The SMILES string of the molecule is CC.CC.CCC(=O)CCC(NC(=O)CCc1ccc(C)cc1)C(=O)O. The molecule has 1 unspecified atom stereocenters. The van der Waals surface area contributed by atoms with Gasteiger partial charge in [-0.15, -0.1) is 0 Å². The van der Waals surface area contributed by atoms with Gasteiger partial charge in [0.05, 0.1) is 0 Å². The minimum absolute atomic E-state index is 0.000143. The van der Waals surface area contributed by atoms with Gasteiger partial charge in [0, 0.05) is 19.3 Å². The number of Topliss-reactive ketones (excluding diaryl/α,β-unsaturated/α-hetero) is 1. The van der Waals surface area contributed by atoms with Gasteiger partial charge < -0.3 is 10.4 Å². The Hall–Kier alpha value is -2.17. The zero-order chi connectivity index (χ0) is 20.5. The predicted octanol–water partition coefficient (Wildman–Crippen LogP) is 4.31. The molecule has 0 aliphatic rings. The number of amides is 1. The van der Waals surface area contributed by atoms with E-state index in [0.717, 1.165) is 11.1 Å². The molecule has 0 heterocycles. The fourth-order valence-corrected chi connectivity index (χ4v) is 2.02. The molecule has 0 aliphatic carbocycles. The fourth-order valence-electron chi connectivity index (χ4n) is 2.02. The molecule has 1 amide bonds. The largest absolute Gasteiger partial charge is 0.480 e. The van der Waals surface area contributed by atoms with Gasteiger partial charge in [-0.3, -0.25) is 9.59 Å². The van der Waals surface area contributed by atoms with E-state index >= 15 is 0 Å². The summed E-state index contributed by atoms with van der Waals surface area (Å²) in [6.07, 6.45) is 1.48. The summed E-state index contributed by atoms with van der Waals surface area (Å²) in [5.41, 5.74) is 2.19. The van der Waals surface area contributed by atoms with E-state index in [0.29, 0.717) is 12.8 Å². The molecule has 1 aromatic carbocycles. The number of nitrogens with one attached hydrogen (secondary N) is 1. The molecule has 0 aliphatic heterocycles. The number of carboxylic acids is 1. The molecule has 0 bridgehead atoms. The molecule has 0 spiro atoms. The minimum Gasteiger partial charge on any atom is -0.480 e. The summed E-state index contributed by atoms with van der Waals surface area (Å²) in [5, 5.41) is 11.6. The summed E-state index contributed by atoms with van der Waals surface area (Å²) in [5.74, 6) is -1.41. The van der Waals surface area contributed by atoms with Crippen molar-refractivity contribution in [2.75, 3.05) is 0 Å². The lowest BCUT2D eigenvalue weighted by Gasteiger charge is -2.14. The van der Waals surface area contributed by atoms with Gasteiger partial charge in [-0.25, -0.2) is 4.79 Å². The zero-order valence-corrected chi connectivity index (χ0v) is 17.1. The number of rotatable bonds is 9. The van der Waals surface area contributed by atoms with E-state index in [1.165, 1.54) is 0 Å². The second kappa shape index (κ2) is 16.3. The average molecular weight is 366 g/mol. The Morgan fingerprint density at radius 1 is 1.00 bits per heavy atom. The molecule has 0 radical (unpaired) electrons. The van der Waals surface area contributed by atoms with Crippen molar-refractivity contribution < 1.29 is 19.5 Å². The van der Waals surface area contributed by atoms with Crippen LogP contribution in [0.4, 0.5) is 0 Å². The van der Waals surface area contributed by atoms with E-state index < -0.39 is 12.0 Å². The Kier molecular flexibility index (Phi) is 16.3. The number of benzene rings is 1. The van der Waals surface area contributed by atoms with E-state index in [4.69, 9.17) is 5.11 Å². The molecule has 0 saturated carbocycles. The lowest BCUT2D eigenvalue weighted by molar-refractivity contribution is -0.142. The van der Waals surface area contributed by atoms with Crippen LogP contribution in [0.5, 0.6) is 0 Å². The van der Waals surface area contributed by atoms with Crippen LogP contribution in [0.15, 0.2) is 24.3 Å².